The Kier molecular flexibility index (Phi) is 2.09. The molecule has 1 aliphatic heterocycles. The molecular weight excluding hydrogens is 186 g/mol. The molecule has 0 atom stereocenters. The lowest BCUT2D eigenvalue weighted by Gasteiger charge is -2.41. The van der Waals surface area contributed by atoms with Crippen LogP contribution in [0.15, 0.2) is 6.20 Å². The first kappa shape index (κ1) is 9.40. The fourth-order valence-electron chi connectivity index (χ4n) is 2.78. The number of aryl methyl sites for hydroxylation is 2. The van der Waals surface area contributed by atoms with Crippen LogP contribution in [-0.2, 0) is 18.5 Å². The SMILES string of the molecule is CCc1cn2c(n1)C1(CCC1)NCCC2. The van der Waals surface area contributed by atoms with Gasteiger partial charge in [-0.2, -0.15) is 0 Å². The number of fused-ring (bicyclic) bond motifs is 2. The number of nitrogens with zero attached hydrogens (tertiary/aromatic N) is 2. The molecule has 0 amide bonds. The van der Waals surface area contributed by atoms with Crippen LogP contribution in [0.1, 0.15) is 44.1 Å². The van der Waals surface area contributed by atoms with Gasteiger partial charge in [0.1, 0.15) is 5.82 Å². The fraction of sp³-hybridized carbons (Fsp3) is 0.750. The van der Waals surface area contributed by atoms with Crippen LogP contribution in [0.2, 0.25) is 0 Å². The summed E-state index contributed by atoms with van der Waals surface area (Å²) in [6.45, 7) is 4.46. The van der Waals surface area contributed by atoms with E-state index in [4.69, 9.17) is 4.98 Å². The van der Waals surface area contributed by atoms with Crippen molar-refractivity contribution in [1.82, 2.24) is 14.9 Å². The quantitative estimate of drug-likeness (QED) is 0.758. The molecule has 1 saturated carbocycles. The van der Waals surface area contributed by atoms with Crippen LogP contribution in [0.5, 0.6) is 0 Å². The molecule has 15 heavy (non-hydrogen) atoms. The van der Waals surface area contributed by atoms with Gasteiger partial charge in [-0.3, -0.25) is 0 Å². The van der Waals surface area contributed by atoms with Crippen molar-refractivity contribution in [3.8, 4) is 0 Å². The molecule has 1 aromatic heterocycles. The van der Waals surface area contributed by atoms with Crippen molar-refractivity contribution in [3.05, 3.63) is 17.7 Å². The first-order valence-corrected chi connectivity index (χ1v) is 6.16. The minimum Gasteiger partial charge on any atom is -0.333 e. The van der Waals surface area contributed by atoms with E-state index in [0.717, 1.165) is 19.5 Å². The Morgan fingerprint density at radius 1 is 1.47 bits per heavy atom. The van der Waals surface area contributed by atoms with Crippen LogP contribution in [0, 0.1) is 0 Å². The number of hydrogen-bond donors (Lipinski definition) is 1. The van der Waals surface area contributed by atoms with Gasteiger partial charge >= 0.3 is 0 Å². The summed E-state index contributed by atoms with van der Waals surface area (Å²) in [4.78, 5) is 4.80. The van der Waals surface area contributed by atoms with E-state index in [1.807, 2.05) is 0 Å². The second-order valence-corrected chi connectivity index (χ2v) is 4.82. The van der Waals surface area contributed by atoms with E-state index in [1.165, 1.54) is 37.2 Å². The lowest BCUT2D eigenvalue weighted by molar-refractivity contribution is 0.177. The number of aromatic nitrogens is 2. The van der Waals surface area contributed by atoms with Crippen LogP contribution in [-0.4, -0.2) is 16.1 Å². The molecule has 3 nitrogen and oxygen atoms in total. The Morgan fingerprint density at radius 3 is 3.00 bits per heavy atom. The lowest BCUT2D eigenvalue weighted by atomic mass is 9.76. The van der Waals surface area contributed by atoms with Gasteiger partial charge in [-0.15, -0.1) is 0 Å². The van der Waals surface area contributed by atoms with Gasteiger partial charge < -0.3 is 9.88 Å². The first-order valence-electron chi connectivity index (χ1n) is 6.16. The summed E-state index contributed by atoms with van der Waals surface area (Å²) in [5.74, 6) is 1.31. The average molecular weight is 205 g/mol. The van der Waals surface area contributed by atoms with Crippen LogP contribution in [0.3, 0.4) is 0 Å². The van der Waals surface area contributed by atoms with E-state index in [0.29, 0.717) is 0 Å². The standard InChI is InChI=1S/C12H19N3/c1-2-10-9-15-8-4-7-13-12(5-3-6-12)11(15)14-10/h9,13H,2-8H2,1H3. The van der Waals surface area contributed by atoms with Gasteiger partial charge in [0, 0.05) is 12.7 Å². The smallest absolute Gasteiger partial charge is 0.129 e. The minimum atomic E-state index is 0.240. The highest BCUT2D eigenvalue weighted by molar-refractivity contribution is 5.18. The van der Waals surface area contributed by atoms with Crippen LogP contribution in [0.4, 0.5) is 0 Å². The van der Waals surface area contributed by atoms with Gasteiger partial charge in [0.15, 0.2) is 0 Å². The second kappa shape index (κ2) is 3.34. The van der Waals surface area contributed by atoms with Crippen molar-refractivity contribution in [2.45, 2.75) is 51.1 Å². The van der Waals surface area contributed by atoms with Gasteiger partial charge in [0.05, 0.1) is 11.2 Å². The van der Waals surface area contributed by atoms with E-state index < -0.39 is 0 Å². The molecule has 1 aliphatic carbocycles. The van der Waals surface area contributed by atoms with Crippen molar-refractivity contribution in [3.63, 3.8) is 0 Å². The Bertz CT molecular complexity index is 363. The zero-order chi connectivity index (χ0) is 10.3. The fourth-order valence-corrected chi connectivity index (χ4v) is 2.78. The van der Waals surface area contributed by atoms with E-state index >= 15 is 0 Å². The summed E-state index contributed by atoms with van der Waals surface area (Å²) in [6.07, 6.45) is 8.43. The summed E-state index contributed by atoms with van der Waals surface area (Å²) in [5.41, 5.74) is 1.49. The number of imidazole rings is 1. The second-order valence-electron chi connectivity index (χ2n) is 4.82. The summed E-state index contributed by atoms with van der Waals surface area (Å²) in [7, 11) is 0. The maximum Gasteiger partial charge on any atom is 0.129 e. The molecule has 1 aromatic rings. The van der Waals surface area contributed by atoms with Crippen molar-refractivity contribution < 1.29 is 0 Å². The molecule has 0 aromatic carbocycles. The average Bonchev–Trinajstić information content (AvgIpc) is 2.51. The Morgan fingerprint density at radius 2 is 2.33 bits per heavy atom. The molecule has 1 fully saturated rings. The van der Waals surface area contributed by atoms with Gasteiger partial charge in [0.2, 0.25) is 0 Å². The highest BCUT2D eigenvalue weighted by Gasteiger charge is 2.42. The molecule has 2 heterocycles. The van der Waals surface area contributed by atoms with E-state index in [1.54, 1.807) is 0 Å². The summed E-state index contributed by atoms with van der Waals surface area (Å²) in [6, 6.07) is 0. The molecule has 0 bridgehead atoms. The molecule has 82 valence electrons. The summed E-state index contributed by atoms with van der Waals surface area (Å²) in [5, 5.41) is 3.70. The van der Waals surface area contributed by atoms with E-state index in [-0.39, 0.29) is 5.54 Å². The molecule has 0 radical (unpaired) electrons. The molecule has 3 heteroatoms. The maximum absolute atomic E-state index is 4.80. The van der Waals surface area contributed by atoms with Gasteiger partial charge in [-0.05, 0) is 38.6 Å². The van der Waals surface area contributed by atoms with Gasteiger partial charge in [0.25, 0.3) is 0 Å². The third-order valence-corrected chi connectivity index (χ3v) is 3.86. The van der Waals surface area contributed by atoms with Crippen LogP contribution >= 0.6 is 0 Å². The third kappa shape index (κ3) is 1.33. The van der Waals surface area contributed by atoms with Crippen molar-refractivity contribution in [2.75, 3.05) is 6.54 Å². The molecular formula is C12H19N3. The van der Waals surface area contributed by atoms with Gasteiger partial charge in [-0.25, -0.2) is 4.98 Å². The monoisotopic (exact) mass is 205 g/mol. The largest absolute Gasteiger partial charge is 0.333 e. The Balaban J connectivity index is 2.03. The molecule has 3 rings (SSSR count). The molecule has 0 unspecified atom stereocenters. The van der Waals surface area contributed by atoms with Crippen molar-refractivity contribution >= 4 is 0 Å². The normalized spacial score (nSPS) is 23.3. The number of nitrogens with one attached hydrogen (secondary N) is 1. The third-order valence-electron chi connectivity index (χ3n) is 3.86. The maximum atomic E-state index is 4.80. The zero-order valence-electron chi connectivity index (χ0n) is 9.42. The highest BCUT2D eigenvalue weighted by atomic mass is 15.2. The van der Waals surface area contributed by atoms with Crippen LogP contribution < -0.4 is 5.32 Å². The summed E-state index contributed by atoms with van der Waals surface area (Å²) >= 11 is 0. The van der Waals surface area contributed by atoms with Crippen LogP contribution in [0.25, 0.3) is 0 Å². The molecule has 0 saturated heterocycles. The van der Waals surface area contributed by atoms with E-state index in [9.17, 15) is 0 Å². The predicted molar refractivity (Wildman–Crippen MR) is 59.8 cm³/mol. The van der Waals surface area contributed by atoms with Gasteiger partial charge in [-0.1, -0.05) is 6.92 Å². The zero-order valence-corrected chi connectivity index (χ0v) is 9.42. The predicted octanol–water partition coefficient (Wildman–Crippen LogP) is 1.82. The number of rotatable bonds is 1. The molecule has 1 N–H and O–H groups in total. The topological polar surface area (TPSA) is 29.9 Å². The highest BCUT2D eigenvalue weighted by Crippen LogP contribution is 2.41. The molecule has 1 spiro atoms. The minimum absolute atomic E-state index is 0.240. The Hall–Kier alpha value is -0.830. The lowest BCUT2D eigenvalue weighted by Crippen LogP contribution is -2.48. The Labute approximate surface area is 90.9 Å². The van der Waals surface area contributed by atoms with E-state index in [2.05, 4.69) is 23.0 Å². The number of hydrogen-bond acceptors (Lipinski definition) is 2. The van der Waals surface area contributed by atoms with Crippen molar-refractivity contribution in [1.29, 1.82) is 0 Å². The molecule has 2 aliphatic rings. The summed E-state index contributed by atoms with van der Waals surface area (Å²) < 4.78 is 2.39. The first-order chi connectivity index (χ1) is 7.34. The van der Waals surface area contributed by atoms with Crippen molar-refractivity contribution in [2.24, 2.45) is 0 Å².